The molecule has 0 bridgehead atoms. The van der Waals surface area contributed by atoms with Gasteiger partial charge in [0.15, 0.2) is 0 Å². The van der Waals surface area contributed by atoms with E-state index in [0.29, 0.717) is 23.6 Å². The lowest BCUT2D eigenvalue weighted by Gasteiger charge is -2.09. The van der Waals surface area contributed by atoms with Crippen molar-refractivity contribution in [3.8, 4) is 12.1 Å². The monoisotopic (exact) mass is 279 g/mol. The summed E-state index contributed by atoms with van der Waals surface area (Å²) in [6.45, 7) is 4.86. The zero-order valence-corrected chi connectivity index (χ0v) is 12.4. The summed E-state index contributed by atoms with van der Waals surface area (Å²) < 4.78 is 1.81. The molecule has 0 atom stereocenters. The minimum Gasteiger partial charge on any atom is -0.381 e. The molecule has 1 aromatic carbocycles. The maximum atomic E-state index is 9.04. The molecule has 0 aliphatic heterocycles. The van der Waals surface area contributed by atoms with Crippen molar-refractivity contribution in [1.82, 2.24) is 9.78 Å². The summed E-state index contributed by atoms with van der Waals surface area (Å²) in [5, 5.41) is 25.7. The Labute approximate surface area is 124 Å². The normalized spacial score (nSPS) is 10.2. The average molecular weight is 279 g/mol. The Hall–Kier alpha value is -2.79. The largest absolute Gasteiger partial charge is 0.381 e. The van der Waals surface area contributed by atoms with Crippen molar-refractivity contribution in [3.05, 3.63) is 46.8 Å². The van der Waals surface area contributed by atoms with Crippen LogP contribution in [0.1, 0.15) is 42.1 Å². The fraction of sp³-hybridized carbons (Fsp3) is 0.312. The number of hydrogen-bond donors (Lipinski definition) is 1. The van der Waals surface area contributed by atoms with Crippen LogP contribution in [0.3, 0.4) is 0 Å². The minimum atomic E-state index is 0.360. The number of aromatic nitrogens is 2. The molecule has 5 nitrogen and oxygen atoms in total. The molecule has 0 spiro atoms. The third kappa shape index (κ3) is 3.21. The van der Waals surface area contributed by atoms with Gasteiger partial charge in [0.05, 0.1) is 16.8 Å². The van der Waals surface area contributed by atoms with Gasteiger partial charge in [-0.25, -0.2) is 0 Å². The smallest absolute Gasteiger partial charge is 0.101 e. The third-order valence-electron chi connectivity index (χ3n) is 3.23. The molecule has 106 valence electrons. The van der Waals surface area contributed by atoms with Gasteiger partial charge >= 0.3 is 0 Å². The second-order valence-corrected chi connectivity index (χ2v) is 5.21. The maximum Gasteiger partial charge on any atom is 0.101 e. The van der Waals surface area contributed by atoms with Crippen LogP contribution in [0, 0.1) is 22.7 Å². The van der Waals surface area contributed by atoms with Crippen LogP contribution in [-0.2, 0) is 13.6 Å². The number of nitrogens with one attached hydrogen (secondary N) is 1. The zero-order valence-electron chi connectivity index (χ0n) is 12.4. The summed E-state index contributed by atoms with van der Waals surface area (Å²) in [6.07, 6.45) is 2.00. The molecule has 0 saturated carbocycles. The van der Waals surface area contributed by atoms with E-state index in [1.807, 2.05) is 36.1 Å². The second-order valence-electron chi connectivity index (χ2n) is 5.21. The molecular formula is C16H17N5. The van der Waals surface area contributed by atoms with Gasteiger partial charge in [0, 0.05) is 31.0 Å². The molecule has 0 fully saturated rings. The Bertz CT molecular complexity index is 728. The van der Waals surface area contributed by atoms with Gasteiger partial charge in [-0.1, -0.05) is 13.8 Å². The molecule has 0 aliphatic rings. The van der Waals surface area contributed by atoms with Crippen molar-refractivity contribution in [3.63, 3.8) is 0 Å². The van der Waals surface area contributed by atoms with E-state index >= 15 is 0 Å². The first-order valence-corrected chi connectivity index (χ1v) is 6.75. The molecule has 1 heterocycles. The number of hydrogen-bond acceptors (Lipinski definition) is 4. The van der Waals surface area contributed by atoms with Crippen LogP contribution in [0.15, 0.2) is 24.4 Å². The van der Waals surface area contributed by atoms with Crippen LogP contribution in [0.25, 0.3) is 0 Å². The number of aryl methyl sites for hydroxylation is 1. The second kappa shape index (κ2) is 6.11. The fourth-order valence-corrected chi connectivity index (χ4v) is 2.22. The van der Waals surface area contributed by atoms with Crippen LogP contribution >= 0.6 is 0 Å². The maximum absolute atomic E-state index is 9.04. The molecule has 0 saturated heterocycles. The van der Waals surface area contributed by atoms with Crippen molar-refractivity contribution in [2.75, 3.05) is 5.32 Å². The van der Waals surface area contributed by atoms with Gasteiger partial charge in [-0.3, -0.25) is 4.68 Å². The van der Waals surface area contributed by atoms with Gasteiger partial charge in [-0.05, 0) is 24.1 Å². The minimum absolute atomic E-state index is 0.360. The summed E-state index contributed by atoms with van der Waals surface area (Å²) in [4.78, 5) is 0. The van der Waals surface area contributed by atoms with E-state index in [-0.39, 0.29) is 0 Å². The van der Waals surface area contributed by atoms with E-state index in [9.17, 15) is 0 Å². The Morgan fingerprint density at radius 2 is 1.95 bits per heavy atom. The lowest BCUT2D eigenvalue weighted by molar-refractivity contribution is 0.712. The van der Waals surface area contributed by atoms with Gasteiger partial charge in [-0.2, -0.15) is 15.6 Å². The first-order chi connectivity index (χ1) is 10.0. The number of anilines is 1. The van der Waals surface area contributed by atoms with Crippen molar-refractivity contribution in [2.24, 2.45) is 7.05 Å². The SMILES string of the molecule is CC(C)c1nn(C)cc1CNc1ccc(C#N)c(C#N)c1. The highest BCUT2D eigenvalue weighted by Crippen LogP contribution is 2.20. The first kappa shape index (κ1) is 14.6. The average Bonchev–Trinajstić information content (AvgIpc) is 2.86. The highest BCUT2D eigenvalue weighted by Gasteiger charge is 2.11. The molecular weight excluding hydrogens is 262 g/mol. The van der Waals surface area contributed by atoms with Crippen LogP contribution in [0.5, 0.6) is 0 Å². The lowest BCUT2D eigenvalue weighted by atomic mass is 10.1. The predicted octanol–water partition coefficient (Wildman–Crippen LogP) is 2.90. The van der Waals surface area contributed by atoms with Crippen molar-refractivity contribution >= 4 is 5.69 Å². The predicted molar refractivity (Wildman–Crippen MR) is 80.5 cm³/mol. The first-order valence-electron chi connectivity index (χ1n) is 6.75. The number of benzene rings is 1. The number of nitrogens with zero attached hydrogens (tertiary/aromatic N) is 4. The quantitative estimate of drug-likeness (QED) is 0.933. The van der Waals surface area contributed by atoms with E-state index < -0.39 is 0 Å². The Balaban J connectivity index is 2.18. The van der Waals surface area contributed by atoms with Gasteiger partial charge in [0.25, 0.3) is 0 Å². The lowest BCUT2D eigenvalue weighted by Crippen LogP contribution is -2.03. The molecule has 0 aliphatic carbocycles. The highest BCUT2D eigenvalue weighted by molar-refractivity contribution is 5.56. The standard InChI is InChI=1S/C16H17N5/c1-11(2)16-14(10-21(3)20-16)9-19-15-5-4-12(7-17)13(6-15)8-18/h4-6,10-11,19H,9H2,1-3H3. The van der Waals surface area contributed by atoms with Gasteiger partial charge in [-0.15, -0.1) is 0 Å². The Morgan fingerprint density at radius 1 is 1.24 bits per heavy atom. The molecule has 1 N–H and O–H groups in total. The Kier molecular flexibility index (Phi) is 4.25. The van der Waals surface area contributed by atoms with E-state index in [2.05, 4.69) is 24.3 Å². The van der Waals surface area contributed by atoms with Crippen molar-refractivity contribution < 1.29 is 0 Å². The van der Waals surface area contributed by atoms with Crippen molar-refractivity contribution in [2.45, 2.75) is 26.3 Å². The van der Waals surface area contributed by atoms with Crippen LogP contribution < -0.4 is 5.32 Å². The zero-order chi connectivity index (χ0) is 15.4. The molecule has 2 aromatic rings. The Morgan fingerprint density at radius 3 is 2.57 bits per heavy atom. The molecule has 0 unspecified atom stereocenters. The van der Waals surface area contributed by atoms with E-state index in [1.165, 1.54) is 0 Å². The molecule has 21 heavy (non-hydrogen) atoms. The van der Waals surface area contributed by atoms with E-state index in [1.54, 1.807) is 12.1 Å². The summed E-state index contributed by atoms with van der Waals surface area (Å²) >= 11 is 0. The summed E-state index contributed by atoms with van der Waals surface area (Å²) in [5.74, 6) is 0.360. The molecule has 1 aromatic heterocycles. The molecule has 0 amide bonds. The fourth-order valence-electron chi connectivity index (χ4n) is 2.22. The number of rotatable bonds is 4. The molecule has 5 heteroatoms. The molecule has 2 rings (SSSR count). The van der Waals surface area contributed by atoms with Crippen LogP contribution in [0.4, 0.5) is 5.69 Å². The summed E-state index contributed by atoms with van der Waals surface area (Å²) in [7, 11) is 1.91. The van der Waals surface area contributed by atoms with Crippen LogP contribution in [0.2, 0.25) is 0 Å². The molecule has 0 radical (unpaired) electrons. The third-order valence-corrected chi connectivity index (χ3v) is 3.23. The van der Waals surface area contributed by atoms with Gasteiger partial charge < -0.3 is 5.32 Å². The topological polar surface area (TPSA) is 77.4 Å². The van der Waals surface area contributed by atoms with E-state index in [0.717, 1.165) is 16.9 Å². The summed E-state index contributed by atoms with van der Waals surface area (Å²) in [6, 6.07) is 9.22. The number of nitriles is 2. The van der Waals surface area contributed by atoms with Gasteiger partial charge in [0.1, 0.15) is 12.1 Å². The van der Waals surface area contributed by atoms with E-state index in [4.69, 9.17) is 10.5 Å². The van der Waals surface area contributed by atoms with Gasteiger partial charge in [0.2, 0.25) is 0 Å². The van der Waals surface area contributed by atoms with Crippen molar-refractivity contribution in [1.29, 1.82) is 10.5 Å². The van der Waals surface area contributed by atoms with Crippen LogP contribution in [-0.4, -0.2) is 9.78 Å². The summed E-state index contributed by atoms with van der Waals surface area (Å²) in [5.41, 5.74) is 3.81. The highest BCUT2D eigenvalue weighted by atomic mass is 15.3.